The van der Waals surface area contributed by atoms with Crippen LogP contribution >= 0.6 is 11.8 Å². The Balaban J connectivity index is 1.09. The molecule has 254 valence electrons. The number of pyridine rings is 1. The summed E-state index contributed by atoms with van der Waals surface area (Å²) in [6.45, 7) is 8.83. The standard InChI is InChI=1S/C36H43FN6O4S/c1-21-17-43(18-22(2)39-21)19-24-11-26(13-30(44)12-24)25-5-4-6-31(14-25)47-36-32(15-27(37)16-38-36)34(45)41-28-7-9-29(10-8-28)42-35(46)33-20-48-23(3)40-33/h4-6,11-16,21-22,28-29,33,39,44H,7-10,17-20H2,1-3H3,(H,41,45)(H,42,46)/t21-,22+,28?,29?,33?. The number of aromatic hydroxyl groups is 1. The van der Waals surface area contributed by atoms with Gasteiger partial charge in [-0.1, -0.05) is 12.1 Å². The first-order valence-corrected chi connectivity index (χ1v) is 17.6. The molecule has 2 aromatic carbocycles. The average molecular weight is 675 g/mol. The molecule has 1 aliphatic carbocycles. The molecule has 3 aromatic rings. The molecule has 0 radical (unpaired) electrons. The SMILES string of the molecule is CC1=NC(C(=O)NC2CCC(NC(=O)c3cc(F)cnc3Oc3cccc(-c4cc(O)cc(CN5C[C@@H](C)N[C@@H](C)C5)c4)c3)CC2)CS1. The van der Waals surface area contributed by atoms with Crippen LogP contribution in [0.5, 0.6) is 17.4 Å². The summed E-state index contributed by atoms with van der Waals surface area (Å²) in [5.41, 5.74) is 2.65. The molecule has 48 heavy (non-hydrogen) atoms. The minimum absolute atomic E-state index is 0.00177. The van der Waals surface area contributed by atoms with Crippen molar-refractivity contribution in [2.75, 3.05) is 18.8 Å². The molecular formula is C36H43FN6O4S. The second-order valence-electron chi connectivity index (χ2n) is 13.2. The van der Waals surface area contributed by atoms with E-state index in [1.807, 2.05) is 25.1 Å². The fourth-order valence-electron chi connectivity index (χ4n) is 6.85. The van der Waals surface area contributed by atoms with Crippen molar-refractivity contribution in [2.45, 2.75) is 83.2 Å². The Kier molecular flexibility index (Phi) is 10.6. The number of ether oxygens (including phenoxy) is 1. The van der Waals surface area contributed by atoms with Crippen LogP contribution in [0, 0.1) is 5.82 Å². The van der Waals surface area contributed by atoms with Crippen molar-refractivity contribution in [1.29, 1.82) is 0 Å². The lowest BCUT2D eigenvalue weighted by Gasteiger charge is -2.36. The number of halogens is 1. The molecule has 2 aliphatic heterocycles. The van der Waals surface area contributed by atoms with Crippen molar-refractivity contribution in [3.05, 3.63) is 71.7 Å². The molecule has 6 rings (SSSR count). The number of rotatable bonds is 9. The van der Waals surface area contributed by atoms with Gasteiger partial charge in [0.2, 0.25) is 11.8 Å². The second-order valence-corrected chi connectivity index (χ2v) is 14.4. The molecule has 3 aliphatic rings. The zero-order valence-electron chi connectivity index (χ0n) is 27.5. The van der Waals surface area contributed by atoms with Crippen LogP contribution in [0.1, 0.15) is 62.4 Å². The number of piperazine rings is 1. The highest BCUT2D eigenvalue weighted by Crippen LogP contribution is 2.32. The van der Waals surface area contributed by atoms with Crippen molar-refractivity contribution in [2.24, 2.45) is 4.99 Å². The summed E-state index contributed by atoms with van der Waals surface area (Å²) in [5.74, 6) is 0.110. The summed E-state index contributed by atoms with van der Waals surface area (Å²) in [6.07, 6.45) is 3.83. The molecule has 2 amide bonds. The van der Waals surface area contributed by atoms with Crippen LogP contribution in [0.25, 0.3) is 11.1 Å². The smallest absolute Gasteiger partial charge is 0.257 e. The molecular weight excluding hydrogens is 631 g/mol. The highest BCUT2D eigenvalue weighted by Gasteiger charge is 2.29. The lowest BCUT2D eigenvalue weighted by molar-refractivity contribution is -0.122. The maximum absolute atomic E-state index is 14.3. The number of carbonyl (C=O) groups excluding carboxylic acids is 2. The summed E-state index contributed by atoms with van der Waals surface area (Å²) in [7, 11) is 0. The summed E-state index contributed by atoms with van der Waals surface area (Å²) < 4.78 is 20.4. The maximum Gasteiger partial charge on any atom is 0.257 e. The molecule has 0 spiro atoms. The topological polar surface area (TPSA) is 128 Å². The number of aliphatic imine (C=N–C) groups is 1. The van der Waals surface area contributed by atoms with E-state index in [1.165, 1.54) is 0 Å². The van der Waals surface area contributed by atoms with Crippen molar-refractivity contribution >= 4 is 28.6 Å². The first-order chi connectivity index (χ1) is 23.1. The van der Waals surface area contributed by atoms with Crippen LogP contribution in [0.3, 0.4) is 0 Å². The number of phenolic OH excluding ortho intramolecular Hbond substituents is 1. The summed E-state index contributed by atoms with van der Waals surface area (Å²) in [6, 6.07) is 14.4. The van der Waals surface area contributed by atoms with E-state index >= 15 is 0 Å². The third-order valence-electron chi connectivity index (χ3n) is 8.96. The van der Waals surface area contributed by atoms with Gasteiger partial charge in [-0.25, -0.2) is 9.37 Å². The Hall–Kier alpha value is -4.00. The largest absolute Gasteiger partial charge is 0.508 e. The highest BCUT2D eigenvalue weighted by atomic mass is 32.2. The molecule has 3 atom stereocenters. The minimum Gasteiger partial charge on any atom is -0.508 e. The lowest BCUT2D eigenvalue weighted by Crippen LogP contribution is -2.53. The molecule has 1 aromatic heterocycles. The molecule has 4 N–H and O–H groups in total. The van der Waals surface area contributed by atoms with Gasteiger partial charge in [-0.15, -0.1) is 11.8 Å². The number of phenols is 1. The van der Waals surface area contributed by atoms with Crippen LogP contribution in [0.15, 0.2) is 59.7 Å². The minimum atomic E-state index is -0.642. The fourth-order valence-corrected chi connectivity index (χ4v) is 7.68. The Morgan fingerprint density at radius 1 is 1.02 bits per heavy atom. The van der Waals surface area contributed by atoms with E-state index in [4.69, 9.17) is 4.74 Å². The zero-order chi connectivity index (χ0) is 33.8. The Bertz CT molecular complexity index is 1670. The number of amides is 2. The summed E-state index contributed by atoms with van der Waals surface area (Å²) >= 11 is 1.60. The van der Waals surface area contributed by atoms with Gasteiger partial charge in [-0.05, 0) is 99.5 Å². The normalized spacial score (nSPS) is 24.5. The third kappa shape index (κ3) is 8.72. The number of benzene rings is 2. The quantitative estimate of drug-likeness (QED) is 0.242. The van der Waals surface area contributed by atoms with E-state index in [0.29, 0.717) is 36.4 Å². The molecule has 10 nitrogen and oxygen atoms in total. The van der Waals surface area contributed by atoms with E-state index in [0.717, 1.165) is 66.5 Å². The van der Waals surface area contributed by atoms with Crippen molar-refractivity contribution in [1.82, 2.24) is 25.8 Å². The van der Waals surface area contributed by atoms with Crippen molar-refractivity contribution < 1.29 is 23.8 Å². The van der Waals surface area contributed by atoms with E-state index in [1.54, 1.807) is 30.0 Å². The number of carbonyl (C=O) groups is 2. The van der Waals surface area contributed by atoms with Crippen LogP contribution in [0.2, 0.25) is 0 Å². The molecule has 3 heterocycles. The van der Waals surface area contributed by atoms with Gasteiger partial charge in [0.1, 0.15) is 28.9 Å². The van der Waals surface area contributed by atoms with Gasteiger partial charge in [-0.2, -0.15) is 0 Å². The number of aromatic nitrogens is 1. The van der Waals surface area contributed by atoms with Gasteiger partial charge in [0, 0.05) is 49.6 Å². The Morgan fingerprint density at radius 2 is 1.75 bits per heavy atom. The number of hydrogen-bond donors (Lipinski definition) is 4. The number of thioether (sulfide) groups is 1. The van der Waals surface area contributed by atoms with Gasteiger partial charge in [0.25, 0.3) is 5.91 Å². The van der Waals surface area contributed by atoms with Crippen molar-refractivity contribution in [3.8, 4) is 28.5 Å². The monoisotopic (exact) mass is 674 g/mol. The molecule has 1 unspecified atom stereocenters. The first kappa shape index (κ1) is 33.9. The van der Waals surface area contributed by atoms with E-state index in [9.17, 15) is 19.1 Å². The summed E-state index contributed by atoms with van der Waals surface area (Å²) in [5, 5.41) is 21.2. The van der Waals surface area contributed by atoms with E-state index in [-0.39, 0.29) is 41.2 Å². The molecule has 1 saturated carbocycles. The van der Waals surface area contributed by atoms with Gasteiger partial charge in [0.15, 0.2) is 0 Å². The first-order valence-electron chi connectivity index (χ1n) is 16.6. The lowest BCUT2D eigenvalue weighted by atomic mass is 9.90. The second kappa shape index (κ2) is 15.0. The third-order valence-corrected chi connectivity index (χ3v) is 9.97. The van der Waals surface area contributed by atoms with Gasteiger partial charge in [-0.3, -0.25) is 19.5 Å². The Morgan fingerprint density at radius 3 is 2.46 bits per heavy atom. The predicted octanol–water partition coefficient (Wildman–Crippen LogP) is 5.26. The van der Waals surface area contributed by atoms with E-state index < -0.39 is 11.7 Å². The zero-order valence-corrected chi connectivity index (χ0v) is 28.4. The summed E-state index contributed by atoms with van der Waals surface area (Å²) in [4.78, 5) is 36.8. The van der Waals surface area contributed by atoms with Gasteiger partial charge < -0.3 is 25.8 Å². The average Bonchev–Trinajstić information content (AvgIpc) is 3.48. The van der Waals surface area contributed by atoms with Gasteiger partial charge >= 0.3 is 0 Å². The molecule has 1 saturated heterocycles. The van der Waals surface area contributed by atoms with Crippen LogP contribution in [-0.2, 0) is 11.3 Å². The van der Waals surface area contributed by atoms with Crippen LogP contribution in [-0.4, -0.2) is 80.9 Å². The maximum atomic E-state index is 14.3. The molecule has 0 bridgehead atoms. The molecule has 2 fully saturated rings. The van der Waals surface area contributed by atoms with Crippen molar-refractivity contribution in [3.63, 3.8) is 0 Å². The Labute approximate surface area is 285 Å². The van der Waals surface area contributed by atoms with Gasteiger partial charge in [0.05, 0.1) is 11.2 Å². The van der Waals surface area contributed by atoms with Crippen LogP contribution < -0.4 is 20.7 Å². The van der Waals surface area contributed by atoms with E-state index in [2.05, 4.69) is 50.7 Å². The predicted molar refractivity (Wildman–Crippen MR) is 186 cm³/mol. The number of nitrogens with one attached hydrogen (secondary N) is 3. The highest BCUT2D eigenvalue weighted by molar-refractivity contribution is 8.14. The molecule has 12 heteroatoms. The fraction of sp³-hybridized carbons (Fsp3) is 0.444. The van der Waals surface area contributed by atoms with Crippen LogP contribution in [0.4, 0.5) is 4.39 Å². The number of nitrogens with zero attached hydrogens (tertiary/aromatic N) is 3. The number of hydrogen-bond acceptors (Lipinski definition) is 9.